The summed E-state index contributed by atoms with van der Waals surface area (Å²) < 4.78 is 43.7. The van der Waals surface area contributed by atoms with Crippen molar-refractivity contribution in [1.29, 1.82) is 0 Å². The molecule has 0 saturated carbocycles. The number of hydrogen-bond donors (Lipinski definition) is 2. The molecule has 0 unspecified atom stereocenters. The maximum Gasteiger partial charge on any atom is 0.416 e. The van der Waals surface area contributed by atoms with Crippen LogP contribution in [0.25, 0.3) is 0 Å². The van der Waals surface area contributed by atoms with Crippen LogP contribution in [0, 0.1) is 0 Å². The fourth-order valence-corrected chi connectivity index (χ4v) is 2.89. The molecule has 6 nitrogen and oxygen atoms in total. The Labute approximate surface area is 192 Å². The van der Waals surface area contributed by atoms with Crippen molar-refractivity contribution < 1.29 is 27.5 Å². The van der Waals surface area contributed by atoms with E-state index < -0.39 is 17.6 Å². The van der Waals surface area contributed by atoms with E-state index >= 15 is 0 Å². The Morgan fingerprint density at radius 3 is 2.45 bits per heavy atom. The normalized spacial score (nSPS) is 11.3. The number of carbonyl (C=O) groups is 2. The summed E-state index contributed by atoms with van der Waals surface area (Å²) in [7, 11) is 0. The van der Waals surface area contributed by atoms with E-state index in [9.17, 15) is 22.8 Å². The van der Waals surface area contributed by atoms with Crippen LogP contribution in [0.3, 0.4) is 0 Å². The molecule has 0 atom stereocenters. The highest BCUT2D eigenvalue weighted by Crippen LogP contribution is 2.29. The number of hydrogen-bond acceptors (Lipinski definition) is 4. The number of para-hydroxylation sites is 1. The molecule has 0 fully saturated rings. The first-order valence-corrected chi connectivity index (χ1v) is 9.88. The molecule has 10 heteroatoms. The monoisotopic (exact) mass is 475 g/mol. The average molecular weight is 476 g/mol. The summed E-state index contributed by atoms with van der Waals surface area (Å²) in [5.74, 6) is -0.891. The van der Waals surface area contributed by atoms with Gasteiger partial charge < -0.3 is 10.1 Å². The second-order valence-electron chi connectivity index (χ2n) is 6.67. The lowest BCUT2D eigenvalue weighted by Crippen LogP contribution is -2.20. The minimum absolute atomic E-state index is 0.183. The fraction of sp³-hybridized carbons (Fsp3) is 0.0870. The number of alkyl halides is 3. The topological polar surface area (TPSA) is 79.8 Å². The van der Waals surface area contributed by atoms with Gasteiger partial charge >= 0.3 is 6.18 Å². The van der Waals surface area contributed by atoms with E-state index in [1.807, 2.05) is 6.07 Å². The van der Waals surface area contributed by atoms with Gasteiger partial charge in [-0.15, -0.1) is 0 Å². The molecular formula is C23H17ClF3N3O3. The number of amides is 2. The van der Waals surface area contributed by atoms with Crippen molar-refractivity contribution in [2.45, 2.75) is 6.18 Å². The van der Waals surface area contributed by atoms with Crippen molar-refractivity contribution in [1.82, 2.24) is 5.43 Å². The van der Waals surface area contributed by atoms with Crippen LogP contribution < -0.4 is 15.5 Å². The van der Waals surface area contributed by atoms with E-state index in [1.54, 1.807) is 30.3 Å². The molecule has 33 heavy (non-hydrogen) atoms. The van der Waals surface area contributed by atoms with Crippen LogP contribution in [-0.4, -0.2) is 24.6 Å². The second kappa shape index (κ2) is 10.6. The molecule has 0 aromatic heterocycles. The summed E-state index contributed by atoms with van der Waals surface area (Å²) in [5.41, 5.74) is 2.17. The van der Waals surface area contributed by atoms with Crippen molar-refractivity contribution in [2.24, 2.45) is 5.10 Å². The van der Waals surface area contributed by atoms with E-state index in [0.29, 0.717) is 11.3 Å². The first-order valence-electron chi connectivity index (χ1n) is 9.50. The Kier molecular flexibility index (Phi) is 7.68. The van der Waals surface area contributed by atoms with Crippen molar-refractivity contribution in [3.05, 3.63) is 94.5 Å². The van der Waals surface area contributed by atoms with Gasteiger partial charge in [-0.2, -0.15) is 18.3 Å². The Hall–Kier alpha value is -3.85. The average Bonchev–Trinajstić information content (AvgIpc) is 2.78. The van der Waals surface area contributed by atoms with Crippen LogP contribution in [0.2, 0.25) is 5.02 Å². The smallest absolute Gasteiger partial charge is 0.416 e. The third-order valence-corrected chi connectivity index (χ3v) is 4.50. The zero-order valence-electron chi connectivity index (χ0n) is 16.9. The van der Waals surface area contributed by atoms with Gasteiger partial charge in [0.2, 0.25) is 0 Å². The third kappa shape index (κ3) is 7.08. The van der Waals surface area contributed by atoms with Crippen molar-refractivity contribution in [3.8, 4) is 5.75 Å². The number of ether oxygens (including phenoxy) is 1. The highest BCUT2D eigenvalue weighted by molar-refractivity contribution is 6.32. The van der Waals surface area contributed by atoms with Gasteiger partial charge in [0, 0.05) is 11.3 Å². The SMILES string of the molecule is O=C(COc1ccc(/C=N/NC(=O)c2cccc(C(F)(F)F)c2)cc1Cl)Nc1ccccc1. The zero-order chi connectivity index (χ0) is 23.8. The van der Waals surface area contributed by atoms with Crippen LogP contribution in [0.4, 0.5) is 18.9 Å². The van der Waals surface area contributed by atoms with Crippen molar-refractivity contribution in [3.63, 3.8) is 0 Å². The molecule has 0 radical (unpaired) electrons. The molecule has 0 aliphatic carbocycles. The lowest BCUT2D eigenvalue weighted by molar-refractivity contribution is -0.137. The highest BCUT2D eigenvalue weighted by Gasteiger charge is 2.30. The van der Waals surface area contributed by atoms with Gasteiger partial charge in [0.05, 0.1) is 16.8 Å². The van der Waals surface area contributed by atoms with Gasteiger partial charge in [0.1, 0.15) is 5.75 Å². The van der Waals surface area contributed by atoms with Crippen molar-refractivity contribution >= 4 is 35.3 Å². The molecule has 3 aromatic carbocycles. The maximum atomic E-state index is 12.8. The first-order chi connectivity index (χ1) is 15.7. The highest BCUT2D eigenvalue weighted by atomic mass is 35.5. The van der Waals surface area contributed by atoms with Crippen LogP contribution in [0.1, 0.15) is 21.5 Å². The van der Waals surface area contributed by atoms with Crippen LogP contribution in [0.5, 0.6) is 5.75 Å². The number of nitrogens with zero attached hydrogens (tertiary/aromatic N) is 1. The molecule has 0 saturated heterocycles. The molecule has 0 aliphatic heterocycles. The number of benzene rings is 3. The predicted octanol–water partition coefficient (Wildman–Crippen LogP) is 5.14. The number of rotatable bonds is 7. The molecule has 0 aliphatic rings. The van der Waals surface area contributed by atoms with E-state index in [0.717, 1.165) is 18.2 Å². The maximum absolute atomic E-state index is 12.8. The molecule has 170 valence electrons. The Morgan fingerprint density at radius 2 is 1.76 bits per heavy atom. The van der Waals surface area contributed by atoms with Crippen LogP contribution in [0.15, 0.2) is 77.9 Å². The van der Waals surface area contributed by atoms with Crippen LogP contribution in [-0.2, 0) is 11.0 Å². The molecule has 2 amide bonds. The summed E-state index contributed by atoms with van der Waals surface area (Å²) in [4.78, 5) is 24.0. The van der Waals surface area contributed by atoms with Crippen molar-refractivity contribution in [2.75, 3.05) is 11.9 Å². The van der Waals surface area contributed by atoms with Gasteiger partial charge in [-0.1, -0.05) is 35.9 Å². The van der Waals surface area contributed by atoms with Crippen LogP contribution >= 0.6 is 11.6 Å². The van der Waals surface area contributed by atoms with E-state index in [4.69, 9.17) is 16.3 Å². The Bertz CT molecular complexity index is 1170. The third-order valence-electron chi connectivity index (χ3n) is 4.20. The molecule has 2 N–H and O–H groups in total. The lowest BCUT2D eigenvalue weighted by atomic mass is 10.1. The molecule has 3 rings (SSSR count). The number of anilines is 1. The van der Waals surface area contributed by atoms with Gasteiger partial charge in [0.15, 0.2) is 6.61 Å². The summed E-state index contributed by atoms with van der Waals surface area (Å²) in [6, 6.07) is 17.5. The lowest BCUT2D eigenvalue weighted by Gasteiger charge is -2.09. The summed E-state index contributed by atoms with van der Waals surface area (Å²) >= 11 is 6.16. The van der Waals surface area contributed by atoms with E-state index in [-0.39, 0.29) is 28.8 Å². The van der Waals surface area contributed by atoms with Gasteiger partial charge in [-0.25, -0.2) is 5.43 Å². The minimum Gasteiger partial charge on any atom is -0.482 e. The number of carbonyl (C=O) groups excluding carboxylic acids is 2. The molecule has 0 bridgehead atoms. The molecule has 0 heterocycles. The first kappa shape index (κ1) is 23.8. The molecule has 0 spiro atoms. The quantitative estimate of drug-likeness (QED) is 0.367. The van der Waals surface area contributed by atoms with E-state index in [2.05, 4.69) is 15.8 Å². The largest absolute Gasteiger partial charge is 0.482 e. The van der Waals surface area contributed by atoms with Gasteiger partial charge in [-0.3, -0.25) is 9.59 Å². The summed E-state index contributed by atoms with van der Waals surface area (Å²) in [5, 5.41) is 6.61. The Morgan fingerprint density at radius 1 is 1.00 bits per heavy atom. The van der Waals surface area contributed by atoms with Gasteiger partial charge in [-0.05, 0) is 54.1 Å². The number of hydrazone groups is 1. The summed E-state index contributed by atoms with van der Waals surface area (Å²) in [6.07, 6.45) is -3.29. The standard InChI is InChI=1S/C23H17ClF3N3O3/c24-19-11-15(9-10-20(19)33-14-21(31)29-18-7-2-1-3-8-18)13-28-30-22(32)16-5-4-6-17(12-16)23(25,26)27/h1-13H,14H2,(H,29,31)(H,30,32)/b28-13+. The second-order valence-corrected chi connectivity index (χ2v) is 7.08. The van der Waals surface area contributed by atoms with Gasteiger partial charge in [0.25, 0.3) is 11.8 Å². The predicted molar refractivity (Wildman–Crippen MR) is 119 cm³/mol. The van der Waals surface area contributed by atoms with E-state index in [1.165, 1.54) is 24.4 Å². The minimum atomic E-state index is -4.55. The molecule has 3 aromatic rings. The number of halogens is 4. The number of nitrogens with one attached hydrogen (secondary N) is 2. The zero-order valence-corrected chi connectivity index (χ0v) is 17.7. The summed E-state index contributed by atoms with van der Waals surface area (Å²) in [6.45, 7) is -0.255. The molecular weight excluding hydrogens is 459 g/mol. The Balaban J connectivity index is 1.54. The fourth-order valence-electron chi connectivity index (χ4n) is 2.64.